The van der Waals surface area contributed by atoms with E-state index in [4.69, 9.17) is 10.5 Å². The van der Waals surface area contributed by atoms with E-state index in [2.05, 4.69) is 9.44 Å². The molecule has 96 valence electrons. The molecule has 0 atom stereocenters. The molecule has 4 N–H and O–H groups in total. The lowest BCUT2D eigenvalue weighted by Crippen LogP contribution is -2.29. The fraction of sp³-hybridized carbons (Fsp3) is 0.400. The summed E-state index contributed by atoms with van der Waals surface area (Å²) in [7, 11) is -2.08. The van der Waals surface area contributed by atoms with Gasteiger partial charge in [0.15, 0.2) is 0 Å². The van der Waals surface area contributed by atoms with Gasteiger partial charge in [0.2, 0.25) is 0 Å². The van der Waals surface area contributed by atoms with Gasteiger partial charge >= 0.3 is 0 Å². The van der Waals surface area contributed by atoms with E-state index in [1.165, 1.54) is 7.11 Å². The van der Waals surface area contributed by atoms with Crippen LogP contribution in [0.2, 0.25) is 0 Å². The molecule has 1 aromatic carbocycles. The van der Waals surface area contributed by atoms with Crippen LogP contribution >= 0.6 is 0 Å². The van der Waals surface area contributed by atoms with E-state index in [9.17, 15) is 8.42 Å². The Labute approximate surface area is 101 Å². The Hall–Kier alpha value is -1.31. The van der Waals surface area contributed by atoms with Crippen LogP contribution in [0.3, 0.4) is 0 Å². The summed E-state index contributed by atoms with van der Waals surface area (Å²) in [5, 5.41) is 0. The lowest BCUT2D eigenvalue weighted by molar-refractivity contribution is 0.416. The molecule has 1 aromatic rings. The molecule has 17 heavy (non-hydrogen) atoms. The summed E-state index contributed by atoms with van der Waals surface area (Å²) in [6.07, 6.45) is 0. The first-order valence-electron chi connectivity index (χ1n) is 5.16. The third kappa shape index (κ3) is 3.88. The smallest absolute Gasteiger partial charge is 0.299 e. The van der Waals surface area contributed by atoms with Crippen molar-refractivity contribution in [1.82, 2.24) is 4.72 Å². The first-order chi connectivity index (χ1) is 8.02. The van der Waals surface area contributed by atoms with Gasteiger partial charge in [-0.15, -0.1) is 0 Å². The van der Waals surface area contributed by atoms with Gasteiger partial charge in [0, 0.05) is 13.1 Å². The highest BCUT2D eigenvalue weighted by Gasteiger charge is 2.11. The second kappa shape index (κ2) is 5.85. The van der Waals surface area contributed by atoms with Crippen molar-refractivity contribution in [3.63, 3.8) is 0 Å². The Morgan fingerprint density at radius 3 is 2.65 bits per heavy atom. The summed E-state index contributed by atoms with van der Waals surface area (Å²) in [6, 6.07) is 5.06. The summed E-state index contributed by atoms with van der Waals surface area (Å²) < 4.78 is 32.9. The molecule has 6 nitrogen and oxygen atoms in total. The molecule has 1 rings (SSSR count). The molecule has 0 radical (unpaired) electrons. The third-order valence-electron chi connectivity index (χ3n) is 2.08. The molecule has 7 heteroatoms. The predicted octanol–water partition coefficient (Wildman–Crippen LogP) is 0.420. The highest BCUT2D eigenvalue weighted by atomic mass is 32.2. The molecule has 0 aliphatic heterocycles. The minimum Gasteiger partial charge on any atom is -0.495 e. The van der Waals surface area contributed by atoms with Crippen molar-refractivity contribution >= 4 is 15.9 Å². The zero-order chi connectivity index (χ0) is 12.9. The molecule has 0 saturated heterocycles. The normalized spacial score (nSPS) is 11.2. The van der Waals surface area contributed by atoms with Gasteiger partial charge < -0.3 is 10.5 Å². The van der Waals surface area contributed by atoms with Gasteiger partial charge in [0.25, 0.3) is 10.2 Å². The Morgan fingerprint density at radius 2 is 2.12 bits per heavy atom. The van der Waals surface area contributed by atoms with Crippen LogP contribution in [0.1, 0.15) is 12.5 Å². The molecule has 0 heterocycles. The van der Waals surface area contributed by atoms with Gasteiger partial charge in [-0.05, 0) is 17.7 Å². The summed E-state index contributed by atoms with van der Waals surface area (Å²) in [6.45, 7) is 2.39. The maximum atomic E-state index is 11.5. The molecule has 0 aliphatic carbocycles. The molecule has 0 saturated carbocycles. The van der Waals surface area contributed by atoms with E-state index >= 15 is 0 Å². The van der Waals surface area contributed by atoms with Crippen molar-refractivity contribution in [2.24, 2.45) is 5.73 Å². The topological polar surface area (TPSA) is 93.5 Å². The minimum absolute atomic E-state index is 0.318. The monoisotopic (exact) mass is 259 g/mol. The zero-order valence-electron chi connectivity index (χ0n) is 9.86. The molecule has 0 bridgehead atoms. The maximum Gasteiger partial charge on any atom is 0.299 e. The number of rotatable bonds is 6. The molecular weight excluding hydrogens is 242 g/mol. The molecule has 0 aromatic heterocycles. The van der Waals surface area contributed by atoms with E-state index in [0.29, 0.717) is 24.5 Å². The lowest BCUT2D eigenvalue weighted by Gasteiger charge is -2.12. The number of benzene rings is 1. The SMILES string of the molecule is CCNS(=O)(=O)Nc1ccc(CN)cc1OC. The van der Waals surface area contributed by atoms with Crippen LogP contribution in [0.5, 0.6) is 5.75 Å². The van der Waals surface area contributed by atoms with E-state index in [-0.39, 0.29) is 0 Å². The van der Waals surface area contributed by atoms with Crippen molar-refractivity contribution in [3.8, 4) is 5.75 Å². The van der Waals surface area contributed by atoms with Crippen LogP contribution in [-0.2, 0) is 16.8 Å². The van der Waals surface area contributed by atoms with Crippen molar-refractivity contribution in [3.05, 3.63) is 23.8 Å². The lowest BCUT2D eigenvalue weighted by atomic mass is 10.2. The number of ether oxygens (including phenoxy) is 1. The van der Waals surface area contributed by atoms with E-state index in [1.807, 2.05) is 0 Å². The Kier molecular flexibility index (Phi) is 4.73. The van der Waals surface area contributed by atoms with E-state index < -0.39 is 10.2 Å². The van der Waals surface area contributed by atoms with Gasteiger partial charge in [0.1, 0.15) is 5.75 Å². The van der Waals surface area contributed by atoms with E-state index in [1.54, 1.807) is 25.1 Å². The number of anilines is 1. The maximum absolute atomic E-state index is 11.5. The van der Waals surface area contributed by atoms with Crippen LogP contribution in [0.25, 0.3) is 0 Å². The standard InChI is InChI=1S/C10H17N3O3S/c1-3-12-17(14,15)13-9-5-4-8(7-11)6-10(9)16-2/h4-6,12-13H,3,7,11H2,1-2H3. The van der Waals surface area contributed by atoms with Crippen LogP contribution < -0.4 is 19.9 Å². The second-order valence-corrected chi connectivity index (χ2v) is 4.84. The second-order valence-electron chi connectivity index (χ2n) is 3.34. The number of nitrogens with two attached hydrogens (primary N) is 1. The minimum atomic E-state index is -3.55. The number of methoxy groups -OCH3 is 1. The van der Waals surface area contributed by atoms with Gasteiger partial charge in [-0.2, -0.15) is 13.1 Å². The first-order valence-corrected chi connectivity index (χ1v) is 6.65. The van der Waals surface area contributed by atoms with Gasteiger partial charge in [-0.3, -0.25) is 4.72 Å². The van der Waals surface area contributed by atoms with Crippen LogP contribution in [0.4, 0.5) is 5.69 Å². The summed E-state index contributed by atoms with van der Waals surface area (Å²) >= 11 is 0. The molecule has 0 fully saturated rings. The fourth-order valence-corrected chi connectivity index (χ4v) is 2.23. The van der Waals surface area contributed by atoms with Gasteiger partial charge in [-0.25, -0.2) is 0 Å². The van der Waals surface area contributed by atoms with Crippen LogP contribution in [0, 0.1) is 0 Å². The van der Waals surface area contributed by atoms with Crippen LogP contribution in [-0.4, -0.2) is 22.1 Å². The van der Waals surface area contributed by atoms with Crippen molar-refractivity contribution in [2.45, 2.75) is 13.5 Å². The van der Waals surface area contributed by atoms with Crippen molar-refractivity contribution < 1.29 is 13.2 Å². The summed E-state index contributed by atoms with van der Waals surface area (Å²) in [5.41, 5.74) is 6.74. The predicted molar refractivity (Wildman–Crippen MR) is 67.1 cm³/mol. The molecule has 0 aliphatic rings. The number of hydrogen-bond acceptors (Lipinski definition) is 4. The summed E-state index contributed by atoms with van der Waals surface area (Å²) in [5.74, 6) is 0.439. The number of nitrogens with one attached hydrogen (secondary N) is 2. The highest BCUT2D eigenvalue weighted by molar-refractivity contribution is 7.90. The molecule has 0 spiro atoms. The first kappa shape index (κ1) is 13.8. The Bertz CT molecular complexity index is 474. The highest BCUT2D eigenvalue weighted by Crippen LogP contribution is 2.26. The quantitative estimate of drug-likeness (QED) is 0.690. The average Bonchev–Trinajstić information content (AvgIpc) is 2.29. The van der Waals surface area contributed by atoms with E-state index in [0.717, 1.165) is 5.56 Å². The molecule has 0 amide bonds. The third-order valence-corrected chi connectivity index (χ3v) is 3.24. The number of hydrogen-bond donors (Lipinski definition) is 3. The molecule has 0 unspecified atom stereocenters. The Balaban J connectivity index is 2.98. The van der Waals surface area contributed by atoms with Gasteiger partial charge in [0.05, 0.1) is 12.8 Å². The van der Waals surface area contributed by atoms with Crippen molar-refractivity contribution in [2.75, 3.05) is 18.4 Å². The van der Waals surface area contributed by atoms with Crippen LogP contribution in [0.15, 0.2) is 18.2 Å². The molecular formula is C10H17N3O3S. The summed E-state index contributed by atoms with van der Waals surface area (Å²) in [4.78, 5) is 0. The largest absolute Gasteiger partial charge is 0.495 e. The zero-order valence-corrected chi connectivity index (χ0v) is 10.7. The Morgan fingerprint density at radius 1 is 1.41 bits per heavy atom. The van der Waals surface area contributed by atoms with Crippen molar-refractivity contribution in [1.29, 1.82) is 0 Å². The average molecular weight is 259 g/mol. The van der Waals surface area contributed by atoms with Gasteiger partial charge in [-0.1, -0.05) is 13.0 Å². The fourth-order valence-electron chi connectivity index (χ4n) is 1.32.